The molecule has 4 heteroatoms. The van der Waals surface area contributed by atoms with Gasteiger partial charge in [-0.05, 0) is 31.2 Å². The standard InChI is InChI=1S/C16H13NO3/c1-10-5-6-14-12(8-10)15(18)13(9-20-14)11-4-3-7-17-16(11)19-2/h3-9H,1-2H3. The Morgan fingerprint density at radius 3 is 2.85 bits per heavy atom. The molecule has 3 rings (SSSR count). The van der Waals surface area contributed by atoms with Crippen LogP contribution in [0.2, 0.25) is 0 Å². The van der Waals surface area contributed by atoms with E-state index in [1.54, 1.807) is 24.4 Å². The summed E-state index contributed by atoms with van der Waals surface area (Å²) < 4.78 is 10.7. The minimum Gasteiger partial charge on any atom is -0.481 e. The third-order valence-corrected chi connectivity index (χ3v) is 3.18. The summed E-state index contributed by atoms with van der Waals surface area (Å²) in [5, 5.41) is 0.563. The summed E-state index contributed by atoms with van der Waals surface area (Å²) in [6.07, 6.45) is 3.08. The molecule has 100 valence electrons. The summed E-state index contributed by atoms with van der Waals surface area (Å²) in [5.74, 6) is 0.409. The van der Waals surface area contributed by atoms with E-state index in [2.05, 4.69) is 4.98 Å². The maximum absolute atomic E-state index is 12.6. The van der Waals surface area contributed by atoms with Gasteiger partial charge in [0.1, 0.15) is 11.8 Å². The van der Waals surface area contributed by atoms with E-state index < -0.39 is 0 Å². The van der Waals surface area contributed by atoms with Crippen LogP contribution in [0, 0.1) is 6.92 Å². The second-order valence-corrected chi connectivity index (χ2v) is 4.54. The lowest BCUT2D eigenvalue weighted by Gasteiger charge is -2.07. The predicted octanol–water partition coefficient (Wildman–Crippen LogP) is 3.17. The molecule has 1 aromatic carbocycles. The van der Waals surface area contributed by atoms with Gasteiger partial charge in [0.25, 0.3) is 0 Å². The SMILES string of the molecule is COc1ncccc1-c1coc2ccc(C)cc2c1=O. The van der Waals surface area contributed by atoms with Gasteiger partial charge in [-0.3, -0.25) is 4.79 Å². The Bertz CT molecular complexity index is 836. The van der Waals surface area contributed by atoms with Crippen molar-refractivity contribution in [3.63, 3.8) is 0 Å². The molecule has 0 fully saturated rings. The maximum Gasteiger partial charge on any atom is 0.221 e. The van der Waals surface area contributed by atoms with E-state index in [9.17, 15) is 4.79 Å². The highest BCUT2D eigenvalue weighted by atomic mass is 16.5. The Hall–Kier alpha value is -2.62. The lowest BCUT2D eigenvalue weighted by atomic mass is 10.1. The minimum absolute atomic E-state index is 0.0822. The fourth-order valence-electron chi connectivity index (χ4n) is 2.19. The van der Waals surface area contributed by atoms with Gasteiger partial charge in [-0.25, -0.2) is 4.98 Å². The number of hydrogen-bond donors (Lipinski definition) is 0. The Morgan fingerprint density at radius 1 is 1.20 bits per heavy atom. The number of fused-ring (bicyclic) bond motifs is 1. The third-order valence-electron chi connectivity index (χ3n) is 3.18. The molecule has 4 nitrogen and oxygen atoms in total. The second kappa shape index (κ2) is 4.81. The molecular formula is C16H13NO3. The fraction of sp³-hybridized carbons (Fsp3) is 0.125. The van der Waals surface area contributed by atoms with Gasteiger partial charge in [-0.15, -0.1) is 0 Å². The summed E-state index contributed by atoms with van der Waals surface area (Å²) >= 11 is 0. The fourth-order valence-corrected chi connectivity index (χ4v) is 2.19. The summed E-state index contributed by atoms with van der Waals surface area (Å²) in [5.41, 5.74) is 2.59. The van der Waals surface area contributed by atoms with Crippen molar-refractivity contribution in [2.24, 2.45) is 0 Å². The number of pyridine rings is 1. The molecule has 0 aliphatic rings. The van der Waals surface area contributed by atoms with E-state index in [1.807, 2.05) is 19.1 Å². The Kier molecular flexibility index (Phi) is 2.99. The highest BCUT2D eigenvalue weighted by Crippen LogP contribution is 2.26. The number of hydrogen-bond acceptors (Lipinski definition) is 4. The first-order valence-electron chi connectivity index (χ1n) is 6.22. The Morgan fingerprint density at radius 2 is 2.05 bits per heavy atom. The average molecular weight is 267 g/mol. The van der Waals surface area contributed by atoms with Crippen molar-refractivity contribution in [1.82, 2.24) is 4.98 Å². The topological polar surface area (TPSA) is 52.3 Å². The van der Waals surface area contributed by atoms with Gasteiger partial charge in [0.05, 0.1) is 23.6 Å². The molecule has 0 N–H and O–H groups in total. The van der Waals surface area contributed by atoms with Crippen LogP contribution in [0.15, 0.2) is 52.0 Å². The lowest BCUT2D eigenvalue weighted by Crippen LogP contribution is -2.06. The molecule has 0 bridgehead atoms. The van der Waals surface area contributed by atoms with Crippen LogP contribution in [0.5, 0.6) is 5.88 Å². The second-order valence-electron chi connectivity index (χ2n) is 4.54. The summed E-state index contributed by atoms with van der Waals surface area (Å²) in [6, 6.07) is 9.09. The number of nitrogens with zero attached hydrogens (tertiary/aromatic N) is 1. The molecule has 2 heterocycles. The van der Waals surface area contributed by atoms with Crippen molar-refractivity contribution in [2.75, 3.05) is 7.11 Å². The summed E-state index contributed by atoms with van der Waals surface area (Å²) in [4.78, 5) is 16.7. The van der Waals surface area contributed by atoms with Crippen LogP contribution < -0.4 is 10.2 Å². The molecular weight excluding hydrogens is 254 g/mol. The van der Waals surface area contributed by atoms with Crippen molar-refractivity contribution in [1.29, 1.82) is 0 Å². The Labute approximate surface area is 115 Å². The number of methoxy groups -OCH3 is 1. The molecule has 2 aromatic heterocycles. The van der Waals surface area contributed by atoms with Crippen LogP contribution >= 0.6 is 0 Å². The first-order chi connectivity index (χ1) is 9.70. The first kappa shape index (κ1) is 12.4. The zero-order valence-electron chi connectivity index (χ0n) is 11.2. The van der Waals surface area contributed by atoms with Crippen LogP contribution in [0.1, 0.15) is 5.56 Å². The quantitative estimate of drug-likeness (QED) is 0.715. The van der Waals surface area contributed by atoms with Crippen LogP contribution in [-0.4, -0.2) is 12.1 Å². The van der Waals surface area contributed by atoms with Crippen molar-refractivity contribution >= 4 is 11.0 Å². The third kappa shape index (κ3) is 1.95. The van der Waals surface area contributed by atoms with Crippen LogP contribution in [-0.2, 0) is 0 Å². The largest absolute Gasteiger partial charge is 0.481 e. The van der Waals surface area contributed by atoms with Gasteiger partial charge >= 0.3 is 0 Å². The smallest absolute Gasteiger partial charge is 0.221 e. The molecule has 0 aliphatic heterocycles. The van der Waals surface area contributed by atoms with E-state index in [1.165, 1.54) is 13.4 Å². The Balaban J connectivity index is 2.32. The highest BCUT2D eigenvalue weighted by Gasteiger charge is 2.13. The van der Waals surface area contributed by atoms with E-state index in [-0.39, 0.29) is 5.43 Å². The number of aromatic nitrogens is 1. The number of aryl methyl sites for hydroxylation is 1. The van der Waals surface area contributed by atoms with Crippen LogP contribution in [0.3, 0.4) is 0 Å². The molecule has 0 spiro atoms. The molecule has 0 radical (unpaired) electrons. The number of ether oxygens (including phenoxy) is 1. The molecule has 0 atom stereocenters. The van der Waals surface area contributed by atoms with Crippen molar-refractivity contribution in [3.8, 4) is 17.0 Å². The van der Waals surface area contributed by atoms with Crippen LogP contribution in [0.4, 0.5) is 0 Å². The maximum atomic E-state index is 12.6. The molecule has 0 aliphatic carbocycles. The molecule has 3 aromatic rings. The zero-order chi connectivity index (χ0) is 14.1. The highest BCUT2D eigenvalue weighted by molar-refractivity contribution is 5.83. The van der Waals surface area contributed by atoms with Crippen molar-refractivity contribution < 1.29 is 9.15 Å². The van der Waals surface area contributed by atoms with E-state index >= 15 is 0 Å². The molecule has 0 saturated carbocycles. The summed E-state index contributed by atoms with van der Waals surface area (Å²) in [7, 11) is 1.53. The van der Waals surface area contributed by atoms with Crippen molar-refractivity contribution in [3.05, 3.63) is 58.6 Å². The normalized spacial score (nSPS) is 10.7. The van der Waals surface area contributed by atoms with Gasteiger partial charge in [0, 0.05) is 6.20 Å². The zero-order valence-corrected chi connectivity index (χ0v) is 11.2. The van der Waals surface area contributed by atoms with E-state index in [0.717, 1.165) is 5.56 Å². The molecule has 0 unspecified atom stereocenters. The van der Waals surface area contributed by atoms with Crippen LogP contribution in [0.25, 0.3) is 22.1 Å². The molecule has 0 amide bonds. The van der Waals surface area contributed by atoms with E-state index in [0.29, 0.717) is 28.0 Å². The van der Waals surface area contributed by atoms with Gasteiger partial charge in [-0.1, -0.05) is 11.6 Å². The van der Waals surface area contributed by atoms with Gasteiger partial charge in [0.15, 0.2) is 0 Å². The summed E-state index contributed by atoms with van der Waals surface area (Å²) in [6.45, 7) is 1.94. The average Bonchev–Trinajstić information content (AvgIpc) is 2.48. The van der Waals surface area contributed by atoms with Gasteiger partial charge < -0.3 is 9.15 Å². The first-order valence-corrected chi connectivity index (χ1v) is 6.22. The van der Waals surface area contributed by atoms with Gasteiger partial charge in [0.2, 0.25) is 11.3 Å². The lowest BCUT2D eigenvalue weighted by molar-refractivity contribution is 0.399. The predicted molar refractivity (Wildman–Crippen MR) is 77.0 cm³/mol. The number of benzene rings is 1. The van der Waals surface area contributed by atoms with Gasteiger partial charge in [-0.2, -0.15) is 0 Å². The molecule has 20 heavy (non-hydrogen) atoms. The monoisotopic (exact) mass is 267 g/mol. The van der Waals surface area contributed by atoms with Crippen molar-refractivity contribution in [2.45, 2.75) is 6.92 Å². The molecule has 0 saturated heterocycles. The number of rotatable bonds is 2. The van der Waals surface area contributed by atoms with E-state index in [4.69, 9.17) is 9.15 Å². The minimum atomic E-state index is -0.0822.